The van der Waals surface area contributed by atoms with Crippen molar-refractivity contribution < 1.29 is 4.79 Å². The number of nitrogens with zero attached hydrogens (tertiary/aromatic N) is 3. The molecule has 1 amide bonds. The van der Waals surface area contributed by atoms with Crippen LogP contribution in [0.3, 0.4) is 0 Å². The van der Waals surface area contributed by atoms with Gasteiger partial charge in [0.1, 0.15) is 0 Å². The van der Waals surface area contributed by atoms with E-state index >= 15 is 0 Å². The Bertz CT molecular complexity index is 760. The van der Waals surface area contributed by atoms with E-state index in [2.05, 4.69) is 40.5 Å². The highest BCUT2D eigenvalue weighted by molar-refractivity contribution is 7.99. The van der Waals surface area contributed by atoms with E-state index in [1.807, 2.05) is 10.6 Å². The molecular weight excluding hydrogens is 376 g/mol. The van der Waals surface area contributed by atoms with Crippen LogP contribution in [0.5, 0.6) is 0 Å². The van der Waals surface area contributed by atoms with Gasteiger partial charge in [-0.15, -0.1) is 28.1 Å². The number of thiophene rings is 1. The third-order valence-electron chi connectivity index (χ3n) is 4.84. The summed E-state index contributed by atoms with van der Waals surface area (Å²) in [5, 5.41) is 14.8. The average Bonchev–Trinajstić information content (AvgIpc) is 3.21. The van der Waals surface area contributed by atoms with Crippen molar-refractivity contribution in [1.82, 2.24) is 20.1 Å². The van der Waals surface area contributed by atoms with Gasteiger partial charge in [-0.05, 0) is 25.3 Å². The first-order valence-electron chi connectivity index (χ1n) is 9.75. The molecule has 1 aliphatic rings. The molecular formula is C20H28N4OS2. The van der Waals surface area contributed by atoms with E-state index in [1.54, 1.807) is 11.3 Å². The van der Waals surface area contributed by atoms with Gasteiger partial charge in [-0.25, -0.2) is 0 Å². The summed E-state index contributed by atoms with van der Waals surface area (Å²) < 4.78 is 2.04. The Hall–Kier alpha value is -1.60. The van der Waals surface area contributed by atoms with Crippen molar-refractivity contribution in [1.29, 1.82) is 0 Å². The molecule has 0 aliphatic heterocycles. The number of thioether (sulfide) groups is 1. The van der Waals surface area contributed by atoms with Gasteiger partial charge >= 0.3 is 0 Å². The first kappa shape index (κ1) is 20.1. The second-order valence-electron chi connectivity index (χ2n) is 6.91. The van der Waals surface area contributed by atoms with E-state index < -0.39 is 0 Å². The zero-order valence-electron chi connectivity index (χ0n) is 15.9. The maximum atomic E-state index is 12.4. The summed E-state index contributed by atoms with van der Waals surface area (Å²) in [5.74, 6) is 1.30. The molecule has 0 spiro atoms. The van der Waals surface area contributed by atoms with E-state index in [-0.39, 0.29) is 5.91 Å². The van der Waals surface area contributed by atoms with Gasteiger partial charge in [0.25, 0.3) is 0 Å². The van der Waals surface area contributed by atoms with Crippen molar-refractivity contribution in [2.24, 2.45) is 0 Å². The number of amides is 1. The second kappa shape index (κ2) is 10.1. The summed E-state index contributed by atoms with van der Waals surface area (Å²) in [6, 6.07) is 2.50. The molecule has 0 saturated heterocycles. The molecule has 1 aliphatic carbocycles. The highest BCUT2D eigenvalue weighted by Crippen LogP contribution is 2.28. The number of carbonyl (C=O) groups is 1. The van der Waals surface area contributed by atoms with Gasteiger partial charge in [-0.1, -0.05) is 50.4 Å². The monoisotopic (exact) mass is 404 g/mol. The maximum Gasteiger partial charge on any atom is 0.230 e. The lowest BCUT2D eigenvalue weighted by atomic mass is 10.1. The molecule has 1 saturated carbocycles. The van der Waals surface area contributed by atoms with Crippen molar-refractivity contribution in [3.05, 3.63) is 29.0 Å². The van der Waals surface area contributed by atoms with Crippen molar-refractivity contribution >= 4 is 29.0 Å². The van der Waals surface area contributed by atoms with E-state index in [0.717, 1.165) is 35.8 Å². The Balaban J connectivity index is 1.63. The molecule has 0 atom stereocenters. The summed E-state index contributed by atoms with van der Waals surface area (Å²) >= 11 is 3.19. The van der Waals surface area contributed by atoms with Crippen LogP contribution in [-0.2, 0) is 17.8 Å². The van der Waals surface area contributed by atoms with Gasteiger partial charge in [-0.3, -0.25) is 9.36 Å². The van der Waals surface area contributed by atoms with Crippen LogP contribution in [0.1, 0.15) is 50.3 Å². The van der Waals surface area contributed by atoms with Gasteiger partial charge in [0, 0.05) is 28.4 Å². The zero-order chi connectivity index (χ0) is 19.1. The van der Waals surface area contributed by atoms with E-state index in [1.165, 1.54) is 42.3 Å². The predicted octanol–water partition coefficient (Wildman–Crippen LogP) is 4.69. The Morgan fingerprint density at radius 2 is 2.15 bits per heavy atom. The minimum atomic E-state index is 0.0883. The minimum absolute atomic E-state index is 0.0883. The molecule has 0 bridgehead atoms. The number of rotatable bonds is 8. The first-order chi connectivity index (χ1) is 13.2. The van der Waals surface area contributed by atoms with Crippen LogP contribution in [0.2, 0.25) is 0 Å². The van der Waals surface area contributed by atoms with Crippen molar-refractivity contribution in [2.75, 3.05) is 5.75 Å². The Labute approximate surface area is 169 Å². The summed E-state index contributed by atoms with van der Waals surface area (Å²) in [4.78, 5) is 13.7. The van der Waals surface area contributed by atoms with Gasteiger partial charge in [0.05, 0.1) is 5.75 Å². The van der Waals surface area contributed by atoms with Crippen molar-refractivity contribution in [3.8, 4) is 11.4 Å². The van der Waals surface area contributed by atoms with Crippen LogP contribution in [0.25, 0.3) is 11.4 Å². The molecule has 0 aromatic carbocycles. The highest BCUT2D eigenvalue weighted by Gasteiger charge is 2.18. The van der Waals surface area contributed by atoms with E-state index in [4.69, 9.17) is 0 Å². The van der Waals surface area contributed by atoms with E-state index in [9.17, 15) is 4.79 Å². The number of aromatic nitrogens is 3. The molecule has 5 nitrogen and oxygen atoms in total. The highest BCUT2D eigenvalue weighted by atomic mass is 32.2. The fourth-order valence-electron chi connectivity index (χ4n) is 3.41. The van der Waals surface area contributed by atoms with E-state index in [0.29, 0.717) is 18.3 Å². The number of nitrogens with one attached hydrogen (secondary N) is 1. The molecule has 27 heavy (non-hydrogen) atoms. The summed E-state index contributed by atoms with van der Waals surface area (Å²) in [5.41, 5.74) is 1.08. The molecule has 1 fully saturated rings. The molecule has 0 unspecified atom stereocenters. The standard InChI is InChI=1S/C20H28N4OS2/c1-3-11-24-19(15-12-17(4-2)26-13-15)22-23-20(24)27-14-18(25)21-16-9-7-5-6-8-10-16/h3,12-13,16H,1,4-11,14H2,2H3,(H,21,25). The lowest BCUT2D eigenvalue weighted by molar-refractivity contribution is -0.119. The quantitative estimate of drug-likeness (QED) is 0.394. The first-order valence-corrected chi connectivity index (χ1v) is 11.6. The number of allylic oxidation sites excluding steroid dienone is 1. The van der Waals surface area contributed by atoms with Crippen LogP contribution < -0.4 is 5.32 Å². The van der Waals surface area contributed by atoms with Gasteiger partial charge < -0.3 is 5.32 Å². The minimum Gasteiger partial charge on any atom is -0.353 e. The van der Waals surface area contributed by atoms with Gasteiger partial charge in [0.2, 0.25) is 5.91 Å². The number of hydrogen-bond acceptors (Lipinski definition) is 5. The summed E-state index contributed by atoms with van der Waals surface area (Å²) in [6.45, 7) is 6.63. The SMILES string of the molecule is C=CCn1c(SCC(=O)NC2CCCCCC2)nnc1-c1csc(CC)c1. The molecule has 2 aromatic rings. The fraction of sp³-hybridized carbons (Fsp3) is 0.550. The maximum absolute atomic E-state index is 12.4. The van der Waals surface area contributed by atoms with Crippen molar-refractivity contribution in [3.63, 3.8) is 0 Å². The summed E-state index contributed by atoms with van der Waals surface area (Å²) in [6.07, 6.45) is 10.1. The Morgan fingerprint density at radius 3 is 2.81 bits per heavy atom. The lowest BCUT2D eigenvalue weighted by Gasteiger charge is -2.16. The molecule has 1 N–H and O–H groups in total. The molecule has 2 heterocycles. The largest absolute Gasteiger partial charge is 0.353 e. The number of carbonyl (C=O) groups excluding carboxylic acids is 1. The Morgan fingerprint density at radius 1 is 1.37 bits per heavy atom. The average molecular weight is 405 g/mol. The molecule has 2 aromatic heterocycles. The molecule has 0 radical (unpaired) electrons. The molecule has 146 valence electrons. The predicted molar refractivity (Wildman–Crippen MR) is 113 cm³/mol. The lowest BCUT2D eigenvalue weighted by Crippen LogP contribution is -2.35. The normalized spacial score (nSPS) is 15.4. The topological polar surface area (TPSA) is 59.8 Å². The Kier molecular flexibility index (Phi) is 7.52. The zero-order valence-corrected chi connectivity index (χ0v) is 17.6. The second-order valence-corrected chi connectivity index (χ2v) is 8.84. The number of hydrogen-bond donors (Lipinski definition) is 1. The van der Waals surface area contributed by atoms with Crippen LogP contribution >= 0.6 is 23.1 Å². The third kappa shape index (κ3) is 5.45. The molecule has 3 rings (SSSR count). The van der Waals surface area contributed by atoms with Gasteiger partial charge in [0.15, 0.2) is 11.0 Å². The van der Waals surface area contributed by atoms with Gasteiger partial charge in [-0.2, -0.15) is 0 Å². The van der Waals surface area contributed by atoms with Crippen LogP contribution in [0, 0.1) is 0 Å². The van der Waals surface area contributed by atoms with Crippen LogP contribution in [-0.4, -0.2) is 32.5 Å². The fourth-order valence-corrected chi connectivity index (χ4v) is 4.98. The van der Waals surface area contributed by atoms with Crippen LogP contribution in [0.4, 0.5) is 0 Å². The smallest absolute Gasteiger partial charge is 0.230 e. The summed E-state index contributed by atoms with van der Waals surface area (Å²) in [7, 11) is 0. The molecule has 7 heteroatoms. The number of aryl methyl sites for hydroxylation is 1. The van der Waals surface area contributed by atoms with Crippen molar-refractivity contribution in [2.45, 2.75) is 69.6 Å². The van der Waals surface area contributed by atoms with Crippen LogP contribution in [0.15, 0.2) is 29.3 Å². The third-order valence-corrected chi connectivity index (χ3v) is 6.89.